The fourth-order valence-corrected chi connectivity index (χ4v) is 2.02. The van der Waals surface area contributed by atoms with Crippen molar-refractivity contribution in [2.24, 2.45) is 0 Å². The number of nitrogen functional groups attached to an aromatic ring is 1. The van der Waals surface area contributed by atoms with Gasteiger partial charge in [-0.15, -0.1) is 5.10 Å². The van der Waals surface area contributed by atoms with E-state index in [2.05, 4.69) is 27.5 Å². The molecule has 3 rings (SSSR count). The fraction of sp³-hybridized carbons (Fsp3) is 0.143. The fourth-order valence-electron chi connectivity index (χ4n) is 2.02. The van der Waals surface area contributed by atoms with Crippen LogP contribution in [0.15, 0.2) is 42.6 Å². The van der Waals surface area contributed by atoms with E-state index in [4.69, 9.17) is 5.73 Å². The summed E-state index contributed by atoms with van der Waals surface area (Å²) in [7, 11) is 0. The van der Waals surface area contributed by atoms with Crippen molar-refractivity contribution in [3.63, 3.8) is 0 Å². The van der Waals surface area contributed by atoms with Crippen molar-refractivity contribution in [3.05, 3.63) is 53.7 Å². The molecule has 0 radical (unpaired) electrons. The summed E-state index contributed by atoms with van der Waals surface area (Å²) in [6.45, 7) is 2.82. The zero-order valence-corrected chi connectivity index (χ0v) is 10.7. The number of rotatable bonds is 3. The van der Waals surface area contributed by atoms with Crippen LogP contribution in [0.4, 0.5) is 11.6 Å². The molecule has 5 nitrogen and oxygen atoms in total. The third-order valence-electron chi connectivity index (χ3n) is 3.02. The molecule has 0 spiro atoms. The van der Waals surface area contributed by atoms with Gasteiger partial charge < -0.3 is 11.1 Å². The van der Waals surface area contributed by atoms with Gasteiger partial charge in [0.25, 0.3) is 0 Å². The minimum absolute atomic E-state index is 0.291. The van der Waals surface area contributed by atoms with Crippen molar-refractivity contribution in [2.75, 3.05) is 11.1 Å². The molecule has 3 N–H and O–H groups in total. The van der Waals surface area contributed by atoms with Crippen molar-refractivity contribution in [1.29, 1.82) is 0 Å². The molecule has 0 amide bonds. The van der Waals surface area contributed by atoms with E-state index in [0.717, 1.165) is 23.4 Å². The molecule has 0 aliphatic heterocycles. The quantitative estimate of drug-likeness (QED) is 0.751. The molecule has 0 aliphatic rings. The van der Waals surface area contributed by atoms with Crippen molar-refractivity contribution in [2.45, 2.75) is 13.5 Å². The number of pyridine rings is 1. The molecule has 0 fully saturated rings. The molecular formula is C14H15N5. The number of hydrogen-bond acceptors (Lipinski definition) is 4. The topological polar surface area (TPSA) is 68.2 Å². The minimum atomic E-state index is 0.291. The highest BCUT2D eigenvalue weighted by atomic mass is 15.3. The normalized spacial score (nSPS) is 10.8. The van der Waals surface area contributed by atoms with Gasteiger partial charge in [0.2, 0.25) is 5.95 Å². The maximum Gasteiger partial charge on any atom is 0.240 e. The molecule has 0 atom stereocenters. The Morgan fingerprint density at radius 1 is 1.26 bits per heavy atom. The van der Waals surface area contributed by atoms with Gasteiger partial charge in [0.15, 0.2) is 5.65 Å². The largest absolute Gasteiger partial charge is 0.380 e. The maximum absolute atomic E-state index is 5.59. The van der Waals surface area contributed by atoms with Crippen LogP contribution in [0.5, 0.6) is 0 Å². The zero-order valence-electron chi connectivity index (χ0n) is 10.7. The van der Waals surface area contributed by atoms with Crippen LogP contribution in [0.3, 0.4) is 0 Å². The highest BCUT2D eigenvalue weighted by molar-refractivity contribution is 5.57. The summed E-state index contributed by atoms with van der Waals surface area (Å²) in [6.07, 6.45) is 1.91. The van der Waals surface area contributed by atoms with Gasteiger partial charge in [0.1, 0.15) is 0 Å². The number of nitrogens with one attached hydrogen (secondary N) is 1. The molecule has 3 aromatic rings. The summed E-state index contributed by atoms with van der Waals surface area (Å²) in [5.41, 5.74) is 9.74. The molecule has 2 aromatic heterocycles. The van der Waals surface area contributed by atoms with E-state index in [9.17, 15) is 0 Å². The van der Waals surface area contributed by atoms with Gasteiger partial charge >= 0.3 is 0 Å². The third-order valence-corrected chi connectivity index (χ3v) is 3.02. The lowest BCUT2D eigenvalue weighted by Gasteiger charge is -2.09. The molecule has 0 saturated carbocycles. The van der Waals surface area contributed by atoms with Crippen LogP contribution < -0.4 is 11.1 Å². The number of hydrogen-bond donors (Lipinski definition) is 2. The highest BCUT2D eigenvalue weighted by Gasteiger charge is 2.05. The van der Waals surface area contributed by atoms with Crippen LogP contribution in [0.1, 0.15) is 11.1 Å². The van der Waals surface area contributed by atoms with Crippen LogP contribution in [0, 0.1) is 6.92 Å². The lowest BCUT2D eigenvalue weighted by molar-refractivity contribution is 0.960. The van der Waals surface area contributed by atoms with Gasteiger partial charge in [0, 0.05) is 6.54 Å². The predicted octanol–water partition coefficient (Wildman–Crippen LogP) is 2.23. The highest BCUT2D eigenvalue weighted by Crippen LogP contribution is 2.17. The Labute approximate surface area is 111 Å². The Hall–Kier alpha value is -2.56. The predicted molar refractivity (Wildman–Crippen MR) is 75.9 cm³/mol. The number of aromatic nitrogens is 3. The van der Waals surface area contributed by atoms with Gasteiger partial charge in [-0.25, -0.2) is 4.52 Å². The van der Waals surface area contributed by atoms with E-state index in [1.165, 1.54) is 5.56 Å². The number of nitrogens with zero attached hydrogens (tertiary/aromatic N) is 3. The second-order valence-corrected chi connectivity index (χ2v) is 4.48. The van der Waals surface area contributed by atoms with Crippen LogP contribution in [-0.2, 0) is 6.54 Å². The first-order valence-electron chi connectivity index (χ1n) is 6.13. The van der Waals surface area contributed by atoms with Crippen LogP contribution >= 0.6 is 0 Å². The molecule has 5 heteroatoms. The molecule has 0 unspecified atom stereocenters. The zero-order chi connectivity index (χ0) is 13.2. The molecule has 19 heavy (non-hydrogen) atoms. The molecule has 96 valence electrons. The van der Waals surface area contributed by atoms with Crippen molar-refractivity contribution in [1.82, 2.24) is 14.6 Å². The summed E-state index contributed by atoms with van der Waals surface area (Å²) in [4.78, 5) is 4.14. The number of fused-ring (bicyclic) bond motifs is 1. The summed E-state index contributed by atoms with van der Waals surface area (Å²) < 4.78 is 1.69. The van der Waals surface area contributed by atoms with Crippen LogP contribution in [0.25, 0.3) is 5.65 Å². The average molecular weight is 253 g/mol. The van der Waals surface area contributed by atoms with E-state index < -0.39 is 0 Å². The average Bonchev–Trinajstić information content (AvgIpc) is 2.76. The molecule has 1 aromatic carbocycles. The van der Waals surface area contributed by atoms with Crippen LogP contribution in [0.2, 0.25) is 0 Å². The first kappa shape index (κ1) is 11.5. The second kappa shape index (κ2) is 4.61. The van der Waals surface area contributed by atoms with Crippen LogP contribution in [-0.4, -0.2) is 14.6 Å². The van der Waals surface area contributed by atoms with Crippen molar-refractivity contribution >= 4 is 17.3 Å². The summed E-state index contributed by atoms with van der Waals surface area (Å²) in [5.74, 6) is 0.291. The number of nitrogens with two attached hydrogens (primary N) is 1. The molecule has 0 aliphatic carbocycles. The Morgan fingerprint density at radius 2 is 2.05 bits per heavy atom. The van der Waals surface area contributed by atoms with Gasteiger partial charge in [0.05, 0.1) is 11.9 Å². The summed E-state index contributed by atoms with van der Waals surface area (Å²) >= 11 is 0. The van der Waals surface area contributed by atoms with E-state index in [0.29, 0.717) is 5.95 Å². The third kappa shape index (κ3) is 2.35. The summed E-state index contributed by atoms with van der Waals surface area (Å²) in [6, 6.07) is 12.2. The Bertz CT molecular complexity index is 702. The van der Waals surface area contributed by atoms with Gasteiger partial charge in [-0.05, 0) is 24.1 Å². The van der Waals surface area contributed by atoms with Gasteiger partial charge in [-0.1, -0.05) is 30.3 Å². The van der Waals surface area contributed by atoms with E-state index in [1.54, 1.807) is 4.52 Å². The molecule has 0 saturated heterocycles. The maximum atomic E-state index is 5.59. The number of benzene rings is 1. The Kier molecular flexibility index (Phi) is 2.79. The first-order chi connectivity index (χ1) is 9.22. The smallest absolute Gasteiger partial charge is 0.240 e. The molecule has 2 heterocycles. The lowest BCUT2D eigenvalue weighted by Crippen LogP contribution is -2.03. The Morgan fingerprint density at radius 3 is 2.84 bits per heavy atom. The van der Waals surface area contributed by atoms with Crippen molar-refractivity contribution < 1.29 is 0 Å². The lowest BCUT2D eigenvalue weighted by atomic mass is 10.2. The monoisotopic (exact) mass is 253 g/mol. The standard InChI is InChI=1S/C14H15N5/c1-10-7-13-17-14(15)18-19(13)9-12(10)16-8-11-5-3-2-4-6-11/h2-7,9,16H,8H2,1H3,(H2,15,18). The number of aryl methyl sites for hydroxylation is 1. The van der Waals surface area contributed by atoms with Crippen molar-refractivity contribution in [3.8, 4) is 0 Å². The molecule has 0 bridgehead atoms. The Balaban J connectivity index is 1.86. The SMILES string of the molecule is Cc1cc2nc(N)nn2cc1NCc1ccccc1. The molecular weight excluding hydrogens is 238 g/mol. The van der Waals surface area contributed by atoms with E-state index in [1.807, 2.05) is 37.4 Å². The minimum Gasteiger partial charge on any atom is -0.380 e. The van der Waals surface area contributed by atoms with E-state index >= 15 is 0 Å². The first-order valence-corrected chi connectivity index (χ1v) is 6.13. The second-order valence-electron chi connectivity index (χ2n) is 4.48. The van der Waals surface area contributed by atoms with Gasteiger partial charge in [-0.2, -0.15) is 4.98 Å². The van der Waals surface area contributed by atoms with E-state index in [-0.39, 0.29) is 0 Å². The van der Waals surface area contributed by atoms with Gasteiger partial charge in [-0.3, -0.25) is 0 Å². The number of anilines is 2. The summed E-state index contributed by atoms with van der Waals surface area (Å²) in [5, 5.41) is 7.51.